The molecule has 0 amide bonds. The Bertz CT molecular complexity index is 1110. The fourth-order valence-electron chi connectivity index (χ4n) is 2.77. The van der Waals surface area contributed by atoms with Crippen LogP contribution in [0.2, 0.25) is 0 Å². The maximum atomic E-state index is 14.5. The van der Waals surface area contributed by atoms with Gasteiger partial charge < -0.3 is 4.74 Å². The molecule has 4 rings (SSSR count). The number of nitrogens with zero attached hydrogens (tertiary/aromatic N) is 3. The normalized spacial score (nSPS) is 10.8. The average molecular weight is 363 g/mol. The van der Waals surface area contributed by atoms with Gasteiger partial charge in [-0.25, -0.2) is 8.78 Å². The summed E-state index contributed by atoms with van der Waals surface area (Å²) in [7, 11) is 1.83. The van der Waals surface area contributed by atoms with Crippen molar-refractivity contribution < 1.29 is 13.5 Å². The van der Waals surface area contributed by atoms with Crippen LogP contribution in [0.1, 0.15) is 0 Å². The number of ether oxygens (including phenoxy) is 1. The smallest absolute Gasteiger partial charge is 0.134 e. The Kier molecular flexibility index (Phi) is 4.38. The molecule has 4 nitrogen and oxygen atoms in total. The third-order valence-corrected chi connectivity index (χ3v) is 4.04. The minimum atomic E-state index is -0.486. The second-order valence-electron chi connectivity index (χ2n) is 6.03. The van der Waals surface area contributed by atoms with Gasteiger partial charge in [-0.1, -0.05) is 12.1 Å². The van der Waals surface area contributed by atoms with Crippen LogP contribution in [0.4, 0.5) is 8.78 Å². The molecule has 0 bridgehead atoms. The number of rotatable bonds is 4. The summed E-state index contributed by atoms with van der Waals surface area (Å²) in [5.74, 6) is -0.0238. The van der Waals surface area contributed by atoms with Crippen LogP contribution in [-0.4, -0.2) is 14.8 Å². The van der Waals surface area contributed by atoms with Crippen LogP contribution < -0.4 is 4.74 Å². The lowest BCUT2D eigenvalue weighted by Crippen LogP contribution is -1.90. The van der Waals surface area contributed by atoms with Gasteiger partial charge >= 0.3 is 0 Å². The minimum Gasteiger partial charge on any atom is -0.457 e. The van der Waals surface area contributed by atoms with Gasteiger partial charge in [0.05, 0.1) is 11.9 Å². The van der Waals surface area contributed by atoms with E-state index in [4.69, 9.17) is 4.74 Å². The summed E-state index contributed by atoms with van der Waals surface area (Å²) >= 11 is 0. The molecular weight excluding hydrogens is 348 g/mol. The van der Waals surface area contributed by atoms with Gasteiger partial charge in [-0.05, 0) is 35.9 Å². The van der Waals surface area contributed by atoms with E-state index < -0.39 is 11.6 Å². The second-order valence-corrected chi connectivity index (χ2v) is 6.03. The third kappa shape index (κ3) is 3.69. The Labute approximate surface area is 154 Å². The predicted molar refractivity (Wildman–Crippen MR) is 98.3 cm³/mol. The molecule has 0 radical (unpaired) electrons. The summed E-state index contributed by atoms with van der Waals surface area (Å²) in [6, 6.07) is 13.8. The average Bonchev–Trinajstić information content (AvgIpc) is 3.09. The molecule has 4 aromatic rings. The molecule has 0 aliphatic rings. The molecule has 0 saturated carbocycles. The van der Waals surface area contributed by atoms with Crippen LogP contribution in [0.5, 0.6) is 11.5 Å². The molecule has 0 aliphatic carbocycles. The Morgan fingerprint density at radius 1 is 0.926 bits per heavy atom. The molecule has 2 aromatic heterocycles. The van der Waals surface area contributed by atoms with Crippen LogP contribution in [0.15, 0.2) is 73.2 Å². The van der Waals surface area contributed by atoms with Crippen molar-refractivity contribution in [1.29, 1.82) is 0 Å². The van der Waals surface area contributed by atoms with E-state index in [1.807, 2.05) is 13.2 Å². The summed E-state index contributed by atoms with van der Waals surface area (Å²) in [5, 5.41) is 4.12. The molecule has 2 aromatic carbocycles. The molecule has 0 unspecified atom stereocenters. The first-order chi connectivity index (χ1) is 13.1. The molecule has 0 atom stereocenters. The molecule has 0 fully saturated rings. The lowest BCUT2D eigenvalue weighted by molar-refractivity contribution is 0.476. The van der Waals surface area contributed by atoms with Crippen molar-refractivity contribution in [3.8, 4) is 33.9 Å². The van der Waals surface area contributed by atoms with E-state index in [0.29, 0.717) is 28.3 Å². The standard InChI is InChI=1S/C21H15F2N3O/c1-26-13-15(12-25-26)21-11-18(7-8-24-21)27-17-5-6-19(20(23)10-17)14-3-2-4-16(22)9-14/h2-13H,1H3. The summed E-state index contributed by atoms with van der Waals surface area (Å²) in [6.45, 7) is 0. The van der Waals surface area contributed by atoms with E-state index in [-0.39, 0.29) is 0 Å². The molecule has 27 heavy (non-hydrogen) atoms. The Morgan fingerprint density at radius 2 is 1.78 bits per heavy atom. The molecule has 0 spiro atoms. The zero-order valence-electron chi connectivity index (χ0n) is 14.4. The first-order valence-corrected chi connectivity index (χ1v) is 8.27. The van der Waals surface area contributed by atoms with E-state index in [2.05, 4.69) is 10.1 Å². The van der Waals surface area contributed by atoms with E-state index in [1.54, 1.807) is 53.5 Å². The van der Waals surface area contributed by atoms with Crippen LogP contribution in [0.3, 0.4) is 0 Å². The van der Waals surface area contributed by atoms with Gasteiger partial charge in [-0.3, -0.25) is 9.67 Å². The quantitative estimate of drug-likeness (QED) is 0.499. The lowest BCUT2D eigenvalue weighted by atomic mass is 10.0. The van der Waals surface area contributed by atoms with Crippen molar-refractivity contribution in [2.24, 2.45) is 7.05 Å². The number of pyridine rings is 1. The summed E-state index contributed by atoms with van der Waals surface area (Å²) in [4.78, 5) is 4.30. The highest BCUT2D eigenvalue weighted by molar-refractivity contribution is 5.65. The third-order valence-electron chi connectivity index (χ3n) is 4.04. The number of benzene rings is 2. The first kappa shape index (κ1) is 16.9. The van der Waals surface area contributed by atoms with Gasteiger partial charge in [0.25, 0.3) is 0 Å². The fourth-order valence-corrected chi connectivity index (χ4v) is 2.77. The van der Waals surface area contributed by atoms with Gasteiger partial charge in [0, 0.05) is 42.7 Å². The Balaban J connectivity index is 1.59. The van der Waals surface area contributed by atoms with Gasteiger partial charge in [0.2, 0.25) is 0 Å². The van der Waals surface area contributed by atoms with Gasteiger partial charge in [0.15, 0.2) is 0 Å². The molecule has 6 heteroatoms. The first-order valence-electron chi connectivity index (χ1n) is 8.27. The van der Waals surface area contributed by atoms with Crippen LogP contribution in [0, 0.1) is 11.6 Å². The highest BCUT2D eigenvalue weighted by Gasteiger charge is 2.09. The van der Waals surface area contributed by atoms with Gasteiger partial charge in [-0.2, -0.15) is 5.10 Å². The molecule has 0 saturated heterocycles. The van der Waals surface area contributed by atoms with Crippen molar-refractivity contribution in [2.45, 2.75) is 0 Å². The summed E-state index contributed by atoms with van der Waals surface area (Å²) in [6.07, 6.45) is 5.17. The number of halogens is 2. The van der Waals surface area contributed by atoms with E-state index in [9.17, 15) is 8.78 Å². The molecule has 2 heterocycles. The maximum Gasteiger partial charge on any atom is 0.134 e. The van der Waals surface area contributed by atoms with E-state index in [1.165, 1.54) is 18.2 Å². The van der Waals surface area contributed by atoms with Crippen LogP contribution >= 0.6 is 0 Å². The Hall–Kier alpha value is -3.54. The zero-order chi connectivity index (χ0) is 18.8. The van der Waals surface area contributed by atoms with Crippen molar-refractivity contribution in [1.82, 2.24) is 14.8 Å². The minimum absolute atomic E-state index is 0.313. The largest absolute Gasteiger partial charge is 0.457 e. The highest BCUT2D eigenvalue weighted by atomic mass is 19.1. The van der Waals surface area contributed by atoms with Crippen molar-refractivity contribution in [3.63, 3.8) is 0 Å². The van der Waals surface area contributed by atoms with E-state index >= 15 is 0 Å². The molecular formula is C21H15F2N3O. The number of hydrogen-bond donors (Lipinski definition) is 0. The SMILES string of the molecule is Cn1cc(-c2cc(Oc3ccc(-c4cccc(F)c4)c(F)c3)ccn2)cn1. The van der Waals surface area contributed by atoms with Crippen molar-refractivity contribution in [3.05, 3.63) is 84.8 Å². The highest BCUT2D eigenvalue weighted by Crippen LogP contribution is 2.30. The fraction of sp³-hybridized carbons (Fsp3) is 0.0476. The number of hydrogen-bond acceptors (Lipinski definition) is 3. The second kappa shape index (κ2) is 6.99. The molecule has 134 valence electrons. The summed E-state index contributed by atoms with van der Waals surface area (Å²) in [5.41, 5.74) is 2.35. The van der Waals surface area contributed by atoms with Crippen molar-refractivity contribution >= 4 is 0 Å². The molecule has 0 aliphatic heterocycles. The lowest BCUT2D eigenvalue weighted by Gasteiger charge is -2.09. The summed E-state index contributed by atoms with van der Waals surface area (Å²) < 4.78 is 35.3. The van der Waals surface area contributed by atoms with Crippen LogP contribution in [0.25, 0.3) is 22.4 Å². The monoisotopic (exact) mass is 363 g/mol. The van der Waals surface area contributed by atoms with E-state index in [0.717, 1.165) is 5.56 Å². The predicted octanol–water partition coefficient (Wildman–Crippen LogP) is 5.22. The Morgan fingerprint density at radius 3 is 2.52 bits per heavy atom. The molecule has 0 N–H and O–H groups in total. The topological polar surface area (TPSA) is 39.9 Å². The van der Waals surface area contributed by atoms with Crippen molar-refractivity contribution in [2.75, 3.05) is 0 Å². The number of aromatic nitrogens is 3. The van der Waals surface area contributed by atoms with Gasteiger partial charge in [0.1, 0.15) is 23.1 Å². The van der Waals surface area contributed by atoms with Crippen LogP contribution in [-0.2, 0) is 7.05 Å². The maximum absolute atomic E-state index is 14.5. The number of aryl methyl sites for hydroxylation is 1. The zero-order valence-corrected chi connectivity index (χ0v) is 14.4. The van der Waals surface area contributed by atoms with Gasteiger partial charge in [-0.15, -0.1) is 0 Å².